The smallest absolute Gasteiger partial charge is 0.205 e. The summed E-state index contributed by atoms with van der Waals surface area (Å²) in [5.74, 6) is 1.59. The van der Waals surface area contributed by atoms with E-state index in [1.807, 2.05) is 12.1 Å². The molecule has 1 unspecified atom stereocenters. The van der Waals surface area contributed by atoms with Gasteiger partial charge in [0.2, 0.25) is 5.69 Å². The molecule has 7 heteroatoms. The second-order valence-corrected chi connectivity index (χ2v) is 8.62. The summed E-state index contributed by atoms with van der Waals surface area (Å²) in [7, 11) is 0. The Morgan fingerprint density at radius 1 is 1.18 bits per heavy atom. The van der Waals surface area contributed by atoms with Gasteiger partial charge in [-0.2, -0.15) is 0 Å². The van der Waals surface area contributed by atoms with Gasteiger partial charge in [0.05, 0.1) is 19.8 Å². The van der Waals surface area contributed by atoms with Crippen molar-refractivity contribution in [2.75, 3.05) is 59.1 Å². The molecule has 0 saturated carbocycles. The fourth-order valence-electron chi connectivity index (χ4n) is 4.18. The summed E-state index contributed by atoms with van der Waals surface area (Å²) in [6.45, 7) is 16.3. The number of nitrogens with zero attached hydrogens (tertiary/aromatic N) is 3. The number of benzene rings is 1. The number of ether oxygens (including phenoxy) is 2. The number of hydrogen-bond donors (Lipinski definition) is 2. The van der Waals surface area contributed by atoms with E-state index < -0.39 is 0 Å². The average molecular weight is 448 g/mol. The lowest BCUT2D eigenvalue weighted by Crippen LogP contribution is -2.38. The Labute approximate surface area is 196 Å². The quantitative estimate of drug-likeness (QED) is 0.546. The molecule has 0 amide bonds. The summed E-state index contributed by atoms with van der Waals surface area (Å²) in [6, 6.07) is 8.25. The standard InChI is InChI=1S/C26H33N5O2/c1-27-25-13-22(16-30-20-25)3-2-21-12-24(19-29-18-23-4-5-28-17-23)15-26(14-21)33-11-8-31-6-9-32-10-7-31/h2-3,12-16,20,23,28-29H,4-11,17-19H2/b3-2+. The largest absolute Gasteiger partial charge is 0.492 e. The van der Waals surface area contributed by atoms with Crippen LogP contribution in [0.25, 0.3) is 17.0 Å². The van der Waals surface area contributed by atoms with E-state index in [2.05, 4.69) is 49.6 Å². The molecule has 2 saturated heterocycles. The Morgan fingerprint density at radius 3 is 2.88 bits per heavy atom. The molecular formula is C26H33N5O2. The number of pyridine rings is 1. The summed E-state index contributed by atoms with van der Waals surface area (Å²) >= 11 is 0. The van der Waals surface area contributed by atoms with E-state index >= 15 is 0 Å². The average Bonchev–Trinajstić information content (AvgIpc) is 3.37. The summed E-state index contributed by atoms with van der Waals surface area (Å²) in [5.41, 5.74) is 3.74. The Morgan fingerprint density at radius 2 is 2.06 bits per heavy atom. The van der Waals surface area contributed by atoms with E-state index in [4.69, 9.17) is 16.0 Å². The fourth-order valence-corrected chi connectivity index (χ4v) is 4.18. The molecule has 2 N–H and O–H groups in total. The summed E-state index contributed by atoms with van der Waals surface area (Å²) in [6.07, 6.45) is 8.64. The van der Waals surface area contributed by atoms with Gasteiger partial charge in [0, 0.05) is 38.6 Å². The van der Waals surface area contributed by atoms with Gasteiger partial charge in [-0.05, 0) is 66.9 Å². The van der Waals surface area contributed by atoms with Crippen molar-refractivity contribution in [2.45, 2.75) is 13.0 Å². The molecule has 0 radical (unpaired) electrons. The second-order valence-electron chi connectivity index (χ2n) is 8.62. The van der Waals surface area contributed by atoms with E-state index in [0.717, 1.165) is 75.9 Å². The lowest BCUT2D eigenvalue weighted by atomic mass is 10.1. The van der Waals surface area contributed by atoms with E-state index in [1.54, 1.807) is 12.4 Å². The highest BCUT2D eigenvalue weighted by molar-refractivity contribution is 5.71. The molecule has 2 aliphatic rings. The summed E-state index contributed by atoms with van der Waals surface area (Å²) in [5, 5.41) is 7.04. The summed E-state index contributed by atoms with van der Waals surface area (Å²) in [4.78, 5) is 9.99. The van der Waals surface area contributed by atoms with Crippen molar-refractivity contribution in [2.24, 2.45) is 5.92 Å². The van der Waals surface area contributed by atoms with Crippen LogP contribution in [-0.4, -0.2) is 69.0 Å². The SMILES string of the molecule is [C-]#[N+]c1cncc(/C=C/c2cc(CNCC3CCNC3)cc(OCCN3CCOCC3)c2)c1. The third-order valence-electron chi connectivity index (χ3n) is 6.04. The monoisotopic (exact) mass is 447 g/mol. The lowest BCUT2D eigenvalue weighted by Gasteiger charge is -2.26. The van der Waals surface area contributed by atoms with E-state index in [1.165, 1.54) is 12.0 Å². The zero-order chi connectivity index (χ0) is 22.7. The van der Waals surface area contributed by atoms with Gasteiger partial charge in [0.25, 0.3) is 0 Å². The normalized spacial score (nSPS) is 19.1. The van der Waals surface area contributed by atoms with Crippen LogP contribution >= 0.6 is 0 Å². The van der Waals surface area contributed by atoms with Crippen LogP contribution in [0.5, 0.6) is 5.75 Å². The zero-order valence-electron chi connectivity index (χ0n) is 19.1. The first-order chi connectivity index (χ1) is 16.3. The minimum Gasteiger partial charge on any atom is -0.492 e. The van der Waals surface area contributed by atoms with Crippen molar-refractivity contribution in [3.8, 4) is 5.75 Å². The van der Waals surface area contributed by atoms with Gasteiger partial charge in [-0.3, -0.25) is 9.88 Å². The first kappa shape index (κ1) is 23.4. The molecular weight excluding hydrogens is 414 g/mol. The third kappa shape index (κ3) is 7.65. The molecule has 4 rings (SSSR count). The molecule has 2 aromatic rings. The Balaban J connectivity index is 1.41. The lowest BCUT2D eigenvalue weighted by molar-refractivity contribution is 0.0322. The van der Waals surface area contributed by atoms with Crippen LogP contribution in [-0.2, 0) is 11.3 Å². The number of hydrogen-bond acceptors (Lipinski definition) is 6. The van der Waals surface area contributed by atoms with Gasteiger partial charge < -0.3 is 20.1 Å². The Bertz CT molecular complexity index is 959. The fraction of sp³-hybridized carbons (Fsp3) is 0.462. The molecule has 1 atom stereocenters. The van der Waals surface area contributed by atoms with Gasteiger partial charge in [-0.25, -0.2) is 4.85 Å². The minimum absolute atomic E-state index is 0.545. The highest BCUT2D eigenvalue weighted by atomic mass is 16.5. The van der Waals surface area contributed by atoms with E-state index in [-0.39, 0.29) is 0 Å². The predicted molar refractivity (Wildman–Crippen MR) is 131 cm³/mol. The van der Waals surface area contributed by atoms with Crippen molar-refractivity contribution < 1.29 is 9.47 Å². The zero-order valence-corrected chi connectivity index (χ0v) is 19.1. The molecule has 0 bridgehead atoms. The molecule has 174 valence electrons. The third-order valence-corrected chi connectivity index (χ3v) is 6.04. The summed E-state index contributed by atoms with van der Waals surface area (Å²) < 4.78 is 11.6. The van der Waals surface area contributed by atoms with Crippen LogP contribution < -0.4 is 15.4 Å². The Hall–Kier alpha value is -2.76. The van der Waals surface area contributed by atoms with Crippen molar-refractivity contribution in [3.63, 3.8) is 0 Å². The molecule has 33 heavy (non-hydrogen) atoms. The molecule has 1 aromatic heterocycles. The molecule has 3 heterocycles. The van der Waals surface area contributed by atoms with Crippen LogP contribution in [0.2, 0.25) is 0 Å². The minimum atomic E-state index is 0.545. The van der Waals surface area contributed by atoms with Crippen LogP contribution in [0, 0.1) is 12.5 Å². The van der Waals surface area contributed by atoms with Gasteiger partial charge in [-0.15, -0.1) is 0 Å². The molecule has 0 spiro atoms. The van der Waals surface area contributed by atoms with Crippen LogP contribution in [0.3, 0.4) is 0 Å². The molecule has 0 aliphatic carbocycles. The first-order valence-corrected chi connectivity index (χ1v) is 11.8. The highest BCUT2D eigenvalue weighted by Crippen LogP contribution is 2.21. The topological polar surface area (TPSA) is 63.0 Å². The van der Waals surface area contributed by atoms with E-state index in [0.29, 0.717) is 18.2 Å². The van der Waals surface area contributed by atoms with Crippen LogP contribution in [0.15, 0.2) is 36.7 Å². The number of aromatic nitrogens is 1. The van der Waals surface area contributed by atoms with Gasteiger partial charge in [-0.1, -0.05) is 18.2 Å². The molecule has 2 fully saturated rings. The van der Waals surface area contributed by atoms with Gasteiger partial charge in [0.1, 0.15) is 12.4 Å². The number of morpholine rings is 1. The van der Waals surface area contributed by atoms with Crippen molar-refractivity contribution in [3.05, 3.63) is 64.8 Å². The van der Waals surface area contributed by atoms with Crippen molar-refractivity contribution in [1.82, 2.24) is 20.5 Å². The molecule has 2 aliphatic heterocycles. The van der Waals surface area contributed by atoms with E-state index in [9.17, 15) is 0 Å². The highest BCUT2D eigenvalue weighted by Gasteiger charge is 2.14. The van der Waals surface area contributed by atoms with Crippen LogP contribution in [0.1, 0.15) is 23.1 Å². The number of rotatable bonds is 10. The van der Waals surface area contributed by atoms with Crippen molar-refractivity contribution in [1.29, 1.82) is 0 Å². The van der Waals surface area contributed by atoms with Gasteiger partial charge >= 0.3 is 0 Å². The maximum atomic E-state index is 7.18. The van der Waals surface area contributed by atoms with Crippen molar-refractivity contribution >= 4 is 17.8 Å². The van der Waals surface area contributed by atoms with Gasteiger partial charge in [0.15, 0.2) is 0 Å². The maximum Gasteiger partial charge on any atom is 0.205 e. The Kier molecular flexibility index (Phi) is 8.84. The maximum absolute atomic E-state index is 7.18. The first-order valence-electron chi connectivity index (χ1n) is 11.8. The molecule has 7 nitrogen and oxygen atoms in total. The van der Waals surface area contributed by atoms with Crippen LogP contribution in [0.4, 0.5) is 5.69 Å². The second kappa shape index (κ2) is 12.5. The molecule has 1 aromatic carbocycles. The predicted octanol–water partition coefficient (Wildman–Crippen LogP) is 3.21. The number of nitrogens with one attached hydrogen (secondary N) is 2.